The number of nitrogens with zero attached hydrogens (tertiary/aromatic N) is 1. The van der Waals surface area contributed by atoms with E-state index in [4.69, 9.17) is 0 Å². The number of carbonyl (C=O) groups excluding carboxylic acids is 1. The molecule has 0 spiro atoms. The molecule has 1 aromatic carbocycles. The maximum absolute atomic E-state index is 11.4. The van der Waals surface area contributed by atoms with Crippen LogP contribution in [0.5, 0.6) is 0 Å². The summed E-state index contributed by atoms with van der Waals surface area (Å²) in [5.74, 6) is 0. The summed E-state index contributed by atoms with van der Waals surface area (Å²) in [6.45, 7) is 0. The maximum Gasteiger partial charge on any atom is 0.393 e. The Hall–Kier alpha value is -1.80. The standard InChI is InChI=1S/C7H7N3O4S/c11-7(9-12)8-10-15(13,14)6-4-2-1-3-5-6/h1-5,10H,(H,8,11). The molecule has 0 aliphatic heterocycles. The van der Waals surface area contributed by atoms with Crippen LogP contribution in [0.2, 0.25) is 0 Å². The summed E-state index contributed by atoms with van der Waals surface area (Å²) in [7, 11) is -3.85. The third-order valence-electron chi connectivity index (χ3n) is 1.43. The van der Waals surface area contributed by atoms with Gasteiger partial charge in [-0.15, -0.1) is 9.74 Å². The lowest BCUT2D eigenvalue weighted by molar-refractivity contribution is 0.247. The van der Waals surface area contributed by atoms with Crippen molar-refractivity contribution in [2.75, 3.05) is 0 Å². The topological polar surface area (TPSA) is 105 Å². The number of hydrazine groups is 1. The third-order valence-corrected chi connectivity index (χ3v) is 2.69. The van der Waals surface area contributed by atoms with Gasteiger partial charge in [0, 0.05) is 5.18 Å². The fourth-order valence-corrected chi connectivity index (χ4v) is 1.65. The van der Waals surface area contributed by atoms with Crippen molar-refractivity contribution in [3.63, 3.8) is 0 Å². The quantitative estimate of drug-likeness (QED) is 0.576. The van der Waals surface area contributed by atoms with E-state index in [0.717, 1.165) is 0 Å². The number of benzene rings is 1. The molecule has 0 saturated carbocycles. The van der Waals surface area contributed by atoms with Crippen molar-refractivity contribution in [3.8, 4) is 0 Å². The zero-order valence-corrected chi connectivity index (χ0v) is 8.19. The van der Waals surface area contributed by atoms with Gasteiger partial charge in [0.05, 0.1) is 4.90 Å². The van der Waals surface area contributed by atoms with Gasteiger partial charge in [0.15, 0.2) is 0 Å². The first kappa shape index (κ1) is 11.3. The molecule has 0 atom stereocenters. The van der Waals surface area contributed by atoms with Crippen LogP contribution < -0.4 is 10.3 Å². The smallest absolute Gasteiger partial charge is 0.255 e. The lowest BCUT2D eigenvalue weighted by Crippen LogP contribution is -2.39. The monoisotopic (exact) mass is 229 g/mol. The molecule has 7 nitrogen and oxygen atoms in total. The van der Waals surface area contributed by atoms with Crippen molar-refractivity contribution in [1.29, 1.82) is 0 Å². The lowest BCUT2D eigenvalue weighted by Gasteiger charge is -2.04. The number of hydrogen-bond acceptors (Lipinski definition) is 4. The molecule has 1 aromatic rings. The zero-order valence-electron chi connectivity index (χ0n) is 7.38. The minimum atomic E-state index is -3.85. The molecule has 8 heteroatoms. The van der Waals surface area contributed by atoms with Crippen LogP contribution in [-0.2, 0) is 10.0 Å². The number of urea groups is 1. The highest BCUT2D eigenvalue weighted by atomic mass is 32.2. The second-order valence-corrected chi connectivity index (χ2v) is 4.12. The van der Waals surface area contributed by atoms with E-state index in [9.17, 15) is 18.1 Å². The Bertz CT molecular complexity index is 456. The summed E-state index contributed by atoms with van der Waals surface area (Å²) in [5, 5.41) is 1.96. The normalized spacial score (nSPS) is 10.7. The number of nitrogens with one attached hydrogen (secondary N) is 2. The highest BCUT2D eigenvalue weighted by Crippen LogP contribution is 2.05. The second kappa shape index (κ2) is 4.62. The highest BCUT2D eigenvalue weighted by molar-refractivity contribution is 7.89. The Morgan fingerprint density at radius 1 is 1.20 bits per heavy atom. The Morgan fingerprint density at radius 2 is 1.80 bits per heavy atom. The molecule has 80 valence electrons. The number of nitroso groups, excluding NO2 is 1. The van der Waals surface area contributed by atoms with Crippen molar-refractivity contribution in [2.45, 2.75) is 4.90 Å². The molecular formula is C7H7N3O4S. The fraction of sp³-hybridized carbons (Fsp3) is 0. The summed E-state index contributed by atoms with van der Waals surface area (Å²) in [6, 6.07) is 6.05. The highest BCUT2D eigenvalue weighted by Gasteiger charge is 2.13. The van der Waals surface area contributed by atoms with Crippen molar-refractivity contribution >= 4 is 16.1 Å². The average Bonchev–Trinajstić information content (AvgIpc) is 2.27. The van der Waals surface area contributed by atoms with Gasteiger partial charge < -0.3 is 0 Å². The SMILES string of the molecule is O=NC(=O)NNS(=O)(=O)c1ccccc1. The molecular weight excluding hydrogens is 222 g/mol. The van der Waals surface area contributed by atoms with Gasteiger partial charge in [-0.05, 0) is 12.1 Å². The van der Waals surface area contributed by atoms with Crippen LogP contribution >= 0.6 is 0 Å². The molecule has 15 heavy (non-hydrogen) atoms. The predicted octanol–water partition coefficient (Wildman–Crippen LogP) is 0.356. The van der Waals surface area contributed by atoms with Crippen LogP contribution in [0.1, 0.15) is 0 Å². The fourth-order valence-electron chi connectivity index (χ4n) is 0.792. The van der Waals surface area contributed by atoms with Gasteiger partial charge in [-0.3, -0.25) is 5.43 Å². The number of rotatable bonds is 3. The Balaban J connectivity index is 2.77. The summed E-state index contributed by atoms with van der Waals surface area (Å²) < 4.78 is 22.8. The van der Waals surface area contributed by atoms with Crippen LogP contribution in [0.3, 0.4) is 0 Å². The molecule has 0 aliphatic carbocycles. The predicted molar refractivity (Wildman–Crippen MR) is 51.1 cm³/mol. The first-order valence-corrected chi connectivity index (χ1v) is 5.25. The van der Waals surface area contributed by atoms with E-state index in [1.54, 1.807) is 16.3 Å². The van der Waals surface area contributed by atoms with E-state index in [1.165, 1.54) is 24.3 Å². The maximum atomic E-state index is 11.4. The molecule has 2 amide bonds. The Labute approximate surface area is 85.5 Å². The summed E-state index contributed by atoms with van der Waals surface area (Å²) in [4.78, 5) is 21.7. The molecule has 0 radical (unpaired) electrons. The largest absolute Gasteiger partial charge is 0.393 e. The first-order valence-electron chi connectivity index (χ1n) is 3.76. The summed E-state index contributed by atoms with van der Waals surface area (Å²) >= 11 is 0. The van der Waals surface area contributed by atoms with Crippen LogP contribution in [0, 0.1) is 4.91 Å². The summed E-state index contributed by atoms with van der Waals surface area (Å²) in [5.41, 5.74) is 1.62. The van der Waals surface area contributed by atoms with Gasteiger partial charge in [0.1, 0.15) is 0 Å². The average molecular weight is 229 g/mol. The molecule has 0 aliphatic rings. The first-order chi connectivity index (χ1) is 7.06. The summed E-state index contributed by atoms with van der Waals surface area (Å²) in [6.07, 6.45) is 0. The number of sulfonamides is 1. The van der Waals surface area contributed by atoms with Gasteiger partial charge in [0.25, 0.3) is 10.0 Å². The van der Waals surface area contributed by atoms with Crippen molar-refractivity contribution in [3.05, 3.63) is 35.2 Å². The molecule has 0 saturated heterocycles. The van der Waals surface area contributed by atoms with Gasteiger partial charge in [-0.25, -0.2) is 13.2 Å². The van der Waals surface area contributed by atoms with Crippen molar-refractivity contribution in [2.24, 2.45) is 5.18 Å². The van der Waals surface area contributed by atoms with E-state index < -0.39 is 16.1 Å². The molecule has 0 heterocycles. The molecule has 1 rings (SSSR count). The van der Waals surface area contributed by atoms with E-state index in [2.05, 4.69) is 0 Å². The molecule has 0 unspecified atom stereocenters. The van der Waals surface area contributed by atoms with Crippen LogP contribution in [0.4, 0.5) is 4.79 Å². The zero-order chi connectivity index (χ0) is 11.3. The molecule has 2 N–H and O–H groups in total. The van der Waals surface area contributed by atoms with E-state index >= 15 is 0 Å². The Morgan fingerprint density at radius 3 is 2.33 bits per heavy atom. The van der Waals surface area contributed by atoms with Crippen LogP contribution in [-0.4, -0.2) is 14.4 Å². The van der Waals surface area contributed by atoms with Gasteiger partial charge in [-0.1, -0.05) is 18.2 Å². The van der Waals surface area contributed by atoms with E-state index in [1.807, 2.05) is 5.18 Å². The molecule has 0 bridgehead atoms. The van der Waals surface area contributed by atoms with Gasteiger partial charge >= 0.3 is 6.03 Å². The van der Waals surface area contributed by atoms with Crippen LogP contribution in [0.25, 0.3) is 0 Å². The minimum absolute atomic E-state index is 0.0313. The minimum Gasteiger partial charge on any atom is -0.255 e. The van der Waals surface area contributed by atoms with Crippen molar-refractivity contribution in [1.82, 2.24) is 10.3 Å². The second-order valence-electron chi connectivity index (χ2n) is 2.44. The third kappa shape index (κ3) is 3.11. The number of hydrogen-bond donors (Lipinski definition) is 2. The molecule has 0 fully saturated rings. The number of amides is 2. The van der Waals surface area contributed by atoms with Crippen molar-refractivity contribution < 1.29 is 13.2 Å². The lowest BCUT2D eigenvalue weighted by atomic mass is 10.4. The van der Waals surface area contributed by atoms with E-state index in [0.29, 0.717) is 0 Å². The number of carbonyl (C=O) groups is 1. The molecule has 0 aromatic heterocycles. The van der Waals surface area contributed by atoms with E-state index in [-0.39, 0.29) is 4.90 Å². The Kier molecular flexibility index (Phi) is 3.47. The van der Waals surface area contributed by atoms with Crippen LogP contribution in [0.15, 0.2) is 40.4 Å². The van der Waals surface area contributed by atoms with Gasteiger partial charge in [-0.2, -0.15) is 0 Å². The van der Waals surface area contributed by atoms with Gasteiger partial charge in [0.2, 0.25) is 0 Å².